The number of hydrogen-bond donors (Lipinski definition) is 1. The average molecular weight is 372 g/mol. The van der Waals surface area contributed by atoms with Crippen molar-refractivity contribution in [3.63, 3.8) is 0 Å². The Kier molecular flexibility index (Phi) is 2.84. The Bertz CT molecular complexity index is 1330. The van der Waals surface area contributed by atoms with Crippen LogP contribution in [0.25, 0.3) is 16.7 Å². The van der Waals surface area contributed by atoms with Crippen molar-refractivity contribution >= 4 is 21.8 Å². The lowest BCUT2D eigenvalue weighted by atomic mass is 10.2. The molecule has 1 atom stereocenters. The first-order chi connectivity index (χ1) is 15.0. The molecule has 0 aliphatic heterocycles. The molecule has 4 rings (SSSR count). The Balaban J connectivity index is 1.69. The second-order valence-corrected chi connectivity index (χ2v) is 6.96. The molecular formula is C19H18N4O2S. The van der Waals surface area contributed by atoms with Crippen molar-refractivity contribution in [3.05, 3.63) is 66.2 Å². The molecule has 0 saturated carbocycles. The molecule has 0 amide bonds. The Labute approximate surface area is 161 Å². The minimum absolute atomic E-state index is 0.00868. The zero-order chi connectivity index (χ0) is 23.2. The number of aromatic amines is 1. The number of methoxy groups -OCH3 is 1. The van der Waals surface area contributed by atoms with Crippen LogP contribution in [-0.2, 0) is 16.6 Å². The summed E-state index contributed by atoms with van der Waals surface area (Å²) in [6, 6.07) is 8.63. The van der Waals surface area contributed by atoms with Crippen molar-refractivity contribution in [1.29, 1.82) is 0 Å². The number of imidazole rings is 1. The summed E-state index contributed by atoms with van der Waals surface area (Å²) in [5.41, 5.74) is 2.16. The summed E-state index contributed by atoms with van der Waals surface area (Å²) in [5, 5.41) is -0.00868. The number of hydrogen-bond acceptors (Lipinski definition) is 4. The Morgan fingerprint density at radius 1 is 1.42 bits per heavy atom. The molecule has 7 heteroatoms. The first-order valence-electron chi connectivity index (χ1n) is 10.7. The van der Waals surface area contributed by atoms with Crippen LogP contribution in [0.4, 0.5) is 0 Å². The zero-order valence-corrected chi connectivity index (χ0v) is 14.6. The topological polar surface area (TPSA) is 72.8 Å². The lowest BCUT2D eigenvalue weighted by Gasteiger charge is -2.08. The van der Waals surface area contributed by atoms with Gasteiger partial charge in [0.15, 0.2) is 6.57 Å². The van der Waals surface area contributed by atoms with Gasteiger partial charge in [0.2, 0.25) is 0 Å². The van der Waals surface area contributed by atoms with E-state index in [1.165, 1.54) is 6.92 Å². The molecule has 1 aromatic carbocycles. The number of aromatic nitrogens is 4. The molecule has 0 aliphatic rings. The molecule has 132 valence electrons. The minimum atomic E-state index is -2.81. The van der Waals surface area contributed by atoms with Crippen LogP contribution in [0.3, 0.4) is 0 Å². The van der Waals surface area contributed by atoms with Crippen LogP contribution >= 0.6 is 0 Å². The number of nitrogens with one attached hydrogen (secondary N) is 1. The predicted octanol–water partition coefficient (Wildman–Crippen LogP) is 3.37. The van der Waals surface area contributed by atoms with Crippen molar-refractivity contribution < 1.29 is 17.2 Å². The van der Waals surface area contributed by atoms with E-state index >= 15 is 0 Å². The summed E-state index contributed by atoms with van der Waals surface area (Å²) in [5.74, 6) is -0.519. The fourth-order valence-electron chi connectivity index (χ4n) is 2.58. The highest BCUT2D eigenvalue weighted by atomic mass is 32.2. The normalized spacial score (nSPS) is 16.2. The lowest BCUT2D eigenvalue weighted by molar-refractivity contribution is 0.410. The maximum Gasteiger partial charge on any atom is 0.197 e. The second-order valence-electron chi connectivity index (χ2n) is 5.61. The summed E-state index contributed by atoms with van der Waals surface area (Å²) < 4.78 is 65.8. The predicted molar refractivity (Wildman–Crippen MR) is 101 cm³/mol. The third-order valence-corrected chi connectivity index (χ3v) is 5.13. The number of pyridine rings is 1. The highest BCUT2D eigenvalue weighted by Gasteiger charge is 2.15. The molecule has 1 N–H and O–H groups in total. The maximum atomic E-state index is 13.1. The summed E-state index contributed by atoms with van der Waals surface area (Å²) in [7, 11) is -4.63. The van der Waals surface area contributed by atoms with Crippen LogP contribution in [0, 0.1) is 6.92 Å². The van der Waals surface area contributed by atoms with Gasteiger partial charge in [-0.15, -0.1) is 0 Å². The van der Waals surface area contributed by atoms with Gasteiger partial charge in [-0.3, -0.25) is 9.19 Å². The Morgan fingerprint density at radius 2 is 2.27 bits per heavy atom. The maximum absolute atomic E-state index is 13.1. The van der Waals surface area contributed by atoms with Crippen LogP contribution in [0.15, 0.2) is 60.1 Å². The smallest absolute Gasteiger partial charge is 0.197 e. The number of nitrogens with zero attached hydrogens (tertiary/aromatic N) is 3. The number of fused-ring (bicyclic) bond motifs is 1. The van der Waals surface area contributed by atoms with E-state index in [2.05, 4.69) is 9.97 Å². The molecule has 3 heterocycles. The average Bonchev–Trinajstić information content (AvgIpc) is 3.37. The van der Waals surface area contributed by atoms with Crippen LogP contribution in [0.1, 0.15) is 18.1 Å². The highest BCUT2D eigenvalue weighted by Crippen LogP contribution is 2.22. The van der Waals surface area contributed by atoms with Gasteiger partial charge >= 0.3 is 0 Å². The van der Waals surface area contributed by atoms with Gasteiger partial charge in [0, 0.05) is 29.8 Å². The summed E-state index contributed by atoms with van der Waals surface area (Å²) in [4.78, 5) is 9.33. The van der Waals surface area contributed by atoms with Crippen LogP contribution < -0.4 is 4.74 Å². The van der Waals surface area contributed by atoms with E-state index < -0.39 is 30.1 Å². The Morgan fingerprint density at radius 3 is 3.08 bits per heavy atom. The van der Waals surface area contributed by atoms with Crippen molar-refractivity contribution in [3.8, 4) is 11.4 Å². The van der Waals surface area contributed by atoms with E-state index in [4.69, 9.17) is 13.0 Å². The van der Waals surface area contributed by atoms with Crippen LogP contribution in [0.5, 0.6) is 5.75 Å². The van der Waals surface area contributed by atoms with E-state index in [1.54, 1.807) is 12.1 Å². The number of ether oxygens (including phenoxy) is 1. The first kappa shape index (κ1) is 10.9. The van der Waals surface area contributed by atoms with Crippen molar-refractivity contribution in [2.24, 2.45) is 0 Å². The molecular weight excluding hydrogens is 348 g/mol. The van der Waals surface area contributed by atoms with E-state index in [-0.39, 0.29) is 27.9 Å². The van der Waals surface area contributed by atoms with Gasteiger partial charge in [-0.1, -0.05) is 0 Å². The summed E-state index contributed by atoms with van der Waals surface area (Å²) >= 11 is 0. The third kappa shape index (κ3) is 3.01. The molecule has 26 heavy (non-hydrogen) atoms. The van der Waals surface area contributed by atoms with Gasteiger partial charge in [-0.25, -0.2) is 4.98 Å². The lowest BCUT2D eigenvalue weighted by Crippen LogP contribution is -2.03. The fraction of sp³-hybridized carbons (Fsp3) is 0.158. The molecule has 6 nitrogen and oxygen atoms in total. The van der Waals surface area contributed by atoms with Gasteiger partial charge in [-0.05, 0) is 43.3 Å². The molecule has 1 unspecified atom stereocenters. The van der Waals surface area contributed by atoms with E-state index in [0.29, 0.717) is 11.0 Å². The molecule has 0 fully saturated rings. The zero-order valence-electron chi connectivity index (χ0n) is 19.8. The number of H-pyrrole nitrogens is 1. The van der Waals surface area contributed by atoms with Gasteiger partial charge in [0.25, 0.3) is 0 Å². The van der Waals surface area contributed by atoms with Gasteiger partial charge in [0.1, 0.15) is 5.75 Å². The minimum Gasteiger partial charge on any atom is -0.496 e. The SMILES string of the molecule is [2H]c1nc(CS(=O)c2nc3cc(-n4cccc4)ccc3n2[2H])c(C)c(OC([2H])([2H])[2H])c1[2H]. The Hall–Kier alpha value is -2.93. The van der Waals surface area contributed by atoms with E-state index in [1.807, 2.05) is 35.2 Å². The standard InChI is InChI=1S/C19H18N4O2S/c1-13-17(20-8-7-18(13)25-2)12-26(24)19-21-15-6-5-14(11-16(15)22-19)23-9-3-4-10-23/h3-11H,12H2,1-2H3,(H,21,22)/i2D3,7D,8D/hD. The van der Waals surface area contributed by atoms with Crippen molar-refractivity contribution in [2.45, 2.75) is 17.8 Å². The second kappa shape index (κ2) is 6.76. The molecule has 0 saturated heterocycles. The largest absolute Gasteiger partial charge is 0.496 e. The van der Waals surface area contributed by atoms with Crippen molar-refractivity contribution in [1.82, 2.24) is 19.5 Å². The van der Waals surface area contributed by atoms with Crippen LogP contribution in [-0.4, -0.2) is 30.8 Å². The monoisotopic (exact) mass is 372 g/mol. The molecule has 3 aromatic heterocycles. The molecule has 0 bridgehead atoms. The quantitative estimate of drug-likeness (QED) is 0.583. The summed E-state index contributed by atoms with van der Waals surface area (Å²) in [6.07, 6.45) is 3.26. The highest BCUT2D eigenvalue weighted by molar-refractivity contribution is 7.84. The number of benzene rings is 1. The van der Waals surface area contributed by atoms with Crippen LogP contribution in [0.2, 0.25) is 1.41 Å². The third-order valence-electron chi connectivity index (χ3n) is 4.00. The fourth-order valence-corrected chi connectivity index (χ4v) is 3.64. The van der Waals surface area contributed by atoms with E-state index in [9.17, 15) is 4.21 Å². The number of rotatable bonds is 5. The van der Waals surface area contributed by atoms with Gasteiger partial charge in [0.05, 0.1) is 47.2 Å². The summed E-state index contributed by atoms with van der Waals surface area (Å²) in [6.45, 7) is 1.49. The molecule has 0 spiro atoms. The molecule has 0 radical (unpaired) electrons. The van der Waals surface area contributed by atoms with E-state index in [0.717, 1.165) is 10.7 Å². The molecule has 0 aliphatic carbocycles. The van der Waals surface area contributed by atoms with Gasteiger partial charge < -0.3 is 14.3 Å². The van der Waals surface area contributed by atoms with Crippen molar-refractivity contribution in [2.75, 3.05) is 7.04 Å². The first-order valence-corrected chi connectivity index (χ1v) is 9.06. The van der Waals surface area contributed by atoms with Gasteiger partial charge in [-0.2, -0.15) is 0 Å². The molecule has 4 aromatic rings.